The zero-order valence-electron chi connectivity index (χ0n) is 4.36. The molecule has 0 saturated carbocycles. The molecule has 0 aromatic carbocycles. The third-order valence-corrected chi connectivity index (χ3v) is 0.346. The third kappa shape index (κ3) is 4.56. The minimum Gasteiger partial charge on any atom is -0.384 e. The molecule has 0 aliphatic heterocycles. The lowest BCUT2D eigenvalue weighted by molar-refractivity contribution is -0.233. The van der Waals surface area contributed by atoms with Gasteiger partial charge in [-0.1, -0.05) is 0 Å². The topological polar surface area (TPSA) is 98.9 Å². The fourth-order valence-corrected chi connectivity index (χ4v) is 0.114. The van der Waals surface area contributed by atoms with Crippen LogP contribution in [0.1, 0.15) is 0 Å². The smallest absolute Gasteiger partial charge is 0.384 e. The van der Waals surface area contributed by atoms with Gasteiger partial charge in [-0.25, -0.2) is 19.4 Å². The molecule has 0 aliphatic carbocycles. The van der Waals surface area contributed by atoms with E-state index in [0.29, 0.717) is 0 Å². The van der Waals surface area contributed by atoms with Crippen LogP contribution < -0.4 is 5.73 Å². The number of aliphatic hydroxyl groups is 1. The number of rotatable bonds is 1. The standard InChI is InChI=1S/C3H5NO5/c4-3(7)9-8-2(6)1-5/h5H,1H2,(H2,4,7). The molecule has 52 valence electrons. The number of carbonyl (C=O) groups is 2. The highest BCUT2D eigenvalue weighted by Crippen LogP contribution is 1.77. The Bertz CT molecular complexity index is 121. The van der Waals surface area contributed by atoms with Gasteiger partial charge in [0.05, 0.1) is 0 Å². The molecule has 0 saturated heterocycles. The molecule has 9 heavy (non-hydrogen) atoms. The van der Waals surface area contributed by atoms with Crippen LogP contribution in [0.25, 0.3) is 0 Å². The number of primary amides is 1. The molecular formula is C3H5NO5. The van der Waals surface area contributed by atoms with Gasteiger partial charge in [-0.3, -0.25) is 0 Å². The van der Waals surface area contributed by atoms with E-state index in [0.717, 1.165) is 0 Å². The molecule has 0 aromatic heterocycles. The Labute approximate surface area is 50.1 Å². The molecule has 0 unspecified atom stereocenters. The van der Waals surface area contributed by atoms with Crippen molar-refractivity contribution in [3.8, 4) is 0 Å². The van der Waals surface area contributed by atoms with Gasteiger partial charge < -0.3 is 10.8 Å². The van der Waals surface area contributed by atoms with Gasteiger partial charge in [0.15, 0.2) is 0 Å². The Morgan fingerprint density at radius 3 is 2.33 bits per heavy atom. The Balaban J connectivity index is 3.28. The SMILES string of the molecule is NC(=O)OOC(=O)CO. The number of amides is 1. The van der Waals surface area contributed by atoms with Crippen molar-refractivity contribution in [1.29, 1.82) is 0 Å². The van der Waals surface area contributed by atoms with E-state index in [-0.39, 0.29) is 0 Å². The van der Waals surface area contributed by atoms with Crippen LogP contribution in [0.2, 0.25) is 0 Å². The molecule has 1 amide bonds. The number of hydrogen-bond donors (Lipinski definition) is 2. The van der Waals surface area contributed by atoms with E-state index < -0.39 is 18.7 Å². The fraction of sp³-hybridized carbons (Fsp3) is 0.333. The van der Waals surface area contributed by atoms with E-state index in [1.54, 1.807) is 0 Å². The molecule has 6 heteroatoms. The summed E-state index contributed by atoms with van der Waals surface area (Å²) in [5, 5.41) is 7.94. The molecule has 0 radical (unpaired) electrons. The van der Waals surface area contributed by atoms with Crippen LogP contribution >= 0.6 is 0 Å². The van der Waals surface area contributed by atoms with Crippen molar-refractivity contribution >= 4 is 12.1 Å². The summed E-state index contributed by atoms with van der Waals surface area (Å²) in [4.78, 5) is 26.7. The largest absolute Gasteiger partial charge is 0.447 e. The van der Waals surface area contributed by atoms with Crippen LogP contribution in [-0.2, 0) is 14.6 Å². The van der Waals surface area contributed by atoms with Gasteiger partial charge in [-0.2, -0.15) is 0 Å². The van der Waals surface area contributed by atoms with E-state index in [1.807, 2.05) is 0 Å². The van der Waals surface area contributed by atoms with Crippen LogP contribution in [-0.4, -0.2) is 23.8 Å². The maximum absolute atomic E-state index is 9.91. The highest BCUT2D eigenvalue weighted by molar-refractivity contribution is 5.71. The molecule has 0 bridgehead atoms. The van der Waals surface area contributed by atoms with Crippen LogP contribution in [0.15, 0.2) is 0 Å². The minimum atomic E-state index is -1.24. The summed E-state index contributed by atoms with van der Waals surface area (Å²) in [5.41, 5.74) is 4.38. The highest BCUT2D eigenvalue weighted by atomic mass is 17.2. The second kappa shape index (κ2) is 3.67. The summed E-state index contributed by atoms with van der Waals surface area (Å²) < 4.78 is 0. The molecule has 6 nitrogen and oxygen atoms in total. The van der Waals surface area contributed by atoms with E-state index in [9.17, 15) is 9.59 Å². The number of carbonyl (C=O) groups excluding carboxylic acids is 2. The van der Waals surface area contributed by atoms with Gasteiger partial charge >= 0.3 is 12.1 Å². The van der Waals surface area contributed by atoms with Crippen molar-refractivity contribution in [3.63, 3.8) is 0 Å². The highest BCUT2D eigenvalue weighted by Gasteiger charge is 2.02. The first-order valence-corrected chi connectivity index (χ1v) is 1.94. The second-order valence-electron chi connectivity index (χ2n) is 1.02. The molecule has 0 atom stereocenters. The van der Waals surface area contributed by atoms with Crippen LogP contribution in [0.5, 0.6) is 0 Å². The zero-order chi connectivity index (χ0) is 7.28. The molecule has 0 fully saturated rings. The predicted molar refractivity (Wildman–Crippen MR) is 23.8 cm³/mol. The first kappa shape index (κ1) is 7.70. The average Bonchev–Trinajstić information content (AvgIpc) is 1.83. The Morgan fingerprint density at radius 2 is 2.00 bits per heavy atom. The Kier molecular flexibility index (Phi) is 3.14. The summed E-state index contributed by atoms with van der Waals surface area (Å²) in [6, 6.07) is 0. The molecule has 0 rings (SSSR count). The van der Waals surface area contributed by atoms with Crippen molar-refractivity contribution in [2.45, 2.75) is 0 Å². The van der Waals surface area contributed by atoms with Crippen LogP contribution in [0.3, 0.4) is 0 Å². The maximum Gasteiger partial charge on any atom is 0.447 e. The molecule has 0 spiro atoms. The fourth-order valence-electron chi connectivity index (χ4n) is 0.114. The Hall–Kier alpha value is -1.30. The molecule has 3 N–H and O–H groups in total. The van der Waals surface area contributed by atoms with Crippen LogP contribution in [0.4, 0.5) is 4.79 Å². The van der Waals surface area contributed by atoms with Crippen molar-refractivity contribution < 1.29 is 24.5 Å². The van der Waals surface area contributed by atoms with Gasteiger partial charge in [0.1, 0.15) is 6.61 Å². The van der Waals surface area contributed by atoms with Crippen molar-refractivity contribution in [2.75, 3.05) is 6.61 Å². The molecular weight excluding hydrogens is 130 g/mol. The monoisotopic (exact) mass is 135 g/mol. The first-order chi connectivity index (χ1) is 4.16. The average molecular weight is 135 g/mol. The van der Waals surface area contributed by atoms with Crippen molar-refractivity contribution in [2.24, 2.45) is 5.73 Å². The van der Waals surface area contributed by atoms with Crippen LogP contribution in [0, 0.1) is 0 Å². The summed E-state index contributed by atoms with van der Waals surface area (Å²) in [6.07, 6.45) is -1.24. The van der Waals surface area contributed by atoms with Gasteiger partial charge in [-0.05, 0) is 0 Å². The van der Waals surface area contributed by atoms with E-state index in [2.05, 4.69) is 15.5 Å². The van der Waals surface area contributed by atoms with Gasteiger partial charge in [0.25, 0.3) is 0 Å². The maximum atomic E-state index is 9.91. The van der Waals surface area contributed by atoms with Gasteiger partial charge in [0, 0.05) is 0 Å². The normalized spacial score (nSPS) is 8.11. The van der Waals surface area contributed by atoms with E-state index in [4.69, 9.17) is 5.11 Å². The zero-order valence-corrected chi connectivity index (χ0v) is 4.36. The van der Waals surface area contributed by atoms with Gasteiger partial charge in [0.2, 0.25) is 0 Å². The summed E-state index contributed by atoms with van der Waals surface area (Å²) in [5.74, 6) is -1.08. The van der Waals surface area contributed by atoms with E-state index in [1.165, 1.54) is 0 Å². The predicted octanol–water partition coefficient (Wildman–Crippen LogP) is -1.47. The number of nitrogens with two attached hydrogens (primary N) is 1. The lowest BCUT2D eigenvalue weighted by Crippen LogP contribution is -2.18. The lowest BCUT2D eigenvalue weighted by Gasteiger charge is -1.94. The van der Waals surface area contributed by atoms with Gasteiger partial charge in [-0.15, -0.1) is 0 Å². The van der Waals surface area contributed by atoms with E-state index >= 15 is 0 Å². The first-order valence-electron chi connectivity index (χ1n) is 1.94. The summed E-state index contributed by atoms with van der Waals surface area (Å²) in [7, 11) is 0. The second-order valence-corrected chi connectivity index (χ2v) is 1.02. The quantitative estimate of drug-likeness (QED) is 0.338. The van der Waals surface area contributed by atoms with Crippen molar-refractivity contribution in [3.05, 3.63) is 0 Å². The molecule has 0 aromatic rings. The molecule has 0 aliphatic rings. The summed E-state index contributed by atoms with van der Waals surface area (Å²) in [6.45, 7) is -0.854. The Morgan fingerprint density at radius 1 is 1.44 bits per heavy atom. The summed E-state index contributed by atoms with van der Waals surface area (Å²) >= 11 is 0. The molecule has 0 heterocycles. The van der Waals surface area contributed by atoms with Crippen molar-refractivity contribution in [1.82, 2.24) is 0 Å². The number of aliphatic hydroxyl groups excluding tert-OH is 1. The third-order valence-electron chi connectivity index (χ3n) is 0.346. The number of hydrogen-bond acceptors (Lipinski definition) is 5. The lowest BCUT2D eigenvalue weighted by atomic mass is 10.8. The minimum absolute atomic E-state index is 0.854.